The second-order valence-corrected chi connectivity index (χ2v) is 4.46. The number of ketones is 1. The topological polar surface area (TPSA) is 99.8 Å². The molecule has 0 unspecified atom stereocenters. The molecule has 2 aromatic rings. The first-order valence-corrected chi connectivity index (χ1v) is 6.13. The Kier molecular flexibility index (Phi) is 3.98. The van der Waals surface area contributed by atoms with E-state index >= 15 is 0 Å². The lowest BCUT2D eigenvalue weighted by molar-refractivity contribution is -0.257. The highest BCUT2D eigenvalue weighted by Crippen LogP contribution is 2.25. The second-order valence-electron chi connectivity index (χ2n) is 4.46. The van der Waals surface area contributed by atoms with Crippen molar-refractivity contribution in [3.8, 4) is 11.5 Å². The summed E-state index contributed by atoms with van der Waals surface area (Å²) in [6, 6.07) is 5.60. The maximum absolute atomic E-state index is 12.2. The number of benzene rings is 1. The first-order valence-electron chi connectivity index (χ1n) is 6.13. The van der Waals surface area contributed by atoms with Crippen LogP contribution in [-0.2, 0) is 6.42 Å². The first-order chi connectivity index (χ1) is 9.92. The zero-order chi connectivity index (χ0) is 15.6. The number of hydrogen-bond donors (Lipinski definition) is 1. The number of aromatic carboxylic acids is 1. The van der Waals surface area contributed by atoms with Crippen molar-refractivity contribution in [1.82, 2.24) is 0 Å². The number of aryl methyl sites for hydroxylation is 1. The number of carbonyl (C=O) groups is 2. The van der Waals surface area contributed by atoms with Crippen LogP contribution < -0.4 is 9.84 Å². The molecule has 0 spiro atoms. The van der Waals surface area contributed by atoms with E-state index in [0.29, 0.717) is 17.1 Å². The lowest BCUT2D eigenvalue weighted by Crippen LogP contribution is -2.21. The number of methoxy groups -OCH3 is 1. The van der Waals surface area contributed by atoms with Crippen molar-refractivity contribution in [2.24, 2.45) is 0 Å². The van der Waals surface area contributed by atoms with E-state index in [1.807, 2.05) is 0 Å². The van der Waals surface area contributed by atoms with Crippen LogP contribution >= 0.6 is 0 Å². The quantitative estimate of drug-likeness (QED) is 0.827. The maximum atomic E-state index is 12.2. The first kappa shape index (κ1) is 14.6. The van der Waals surface area contributed by atoms with Crippen molar-refractivity contribution < 1.29 is 29.0 Å². The highest BCUT2D eigenvalue weighted by molar-refractivity contribution is 6.00. The predicted molar refractivity (Wildman–Crippen MR) is 70.5 cm³/mol. The van der Waals surface area contributed by atoms with Gasteiger partial charge >= 0.3 is 0 Å². The SMILES string of the molecule is COc1ccc(C(=O)Cc2cc(C(=O)[O-])oc2C)c(O)c1. The average Bonchev–Trinajstić information content (AvgIpc) is 2.80. The second kappa shape index (κ2) is 5.70. The molecule has 0 amide bonds. The van der Waals surface area contributed by atoms with E-state index in [-0.39, 0.29) is 29.3 Å². The molecule has 0 atom stereocenters. The third-order valence-corrected chi connectivity index (χ3v) is 3.08. The van der Waals surface area contributed by atoms with Crippen LogP contribution in [0.1, 0.15) is 32.2 Å². The lowest BCUT2D eigenvalue weighted by Gasteiger charge is -2.05. The Morgan fingerprint density at radius 2 is 2.05 bits per heavy atom. The number of phenols is 1. The summed E-state index contributed by atoms with van der Waals surface area (Å²) in [7, 11) is 1.45. The van der Waals surface area contributed by atoms with Gasteiger partial charge in [-0.05, 0) is 25.1 Å². The third kappa shape index (κ3) is 3.05. The average molecular weight is 289 g/mol. The Bertz CT molecular complexity index is 698. The van der Waals surface area contributed by atoms with Gasteiger partial charge in [-0.1, -0.05) is 0 Å². The van der Waals surface area contributed by atoms with E-state index in [0.717, 1.165) is 0 Å². The molecule has 1 aromatic heterocycles. The summed E-state index contributed by atoms with van der Waals surface area (Å²) in [5.74, 6) is -1.55. The monoisotopic (exact) mass is 289 g/mol. The van der Waals surface area contributed by atoms with E-state index in [4.69, 9.17) is 9.15 Å². The van der Waals surface area contributed by atoms with E-state index in [1.54, 1.807) is 13.0 Å². The standard InChI is InChI=1S/C15H14O6/c1-8-9(6-14(21-8)15(18)19)5-12(16)11-4-3-10(20-2)7-13(11)17/h3-4,6-7,17H,5H2,1-2H3,(H,18,19)/p-1. The summed E-state index contributed by atoms with van der Waals surface area (Å²) >= 11 is 0. The molecule has 0 aliphatic heterocycles. The molecule has 1 heterocycles. The minimum Gasteiger partial charge on any atom is -0.542 e. The Balaban J connectivity index is 2.24. The highest BCUT2D eigenvalue weighted by Gasteiger charge is 2.16. The van der Waals surface area contributed by atoms with E-state index < -0.39 is 5.97 Å². The Hall–Kier alpha value is -2.76. The van der Waals surface area contributed by atoms with Gasteiger partial charge in [-0.25, -0.2) is 0 Å². The fourth-order valence-corrected chi connectivity index (χ4v) is 1.94. The summed E-state index contributed by atoms with van der Waals surface area (Å²) < 4.78 is 9.92. The molecule has 0 radical (unpaired) electrons. The fraction of sp³-hybridized carbons (Fsp3) is 0.200. The molecular formula is C15H13O6-. The van der Waals surface area contributed by atoms with Crippen LogP contribution in [0.5, 0.6) is 11.5 Å². The molecule has 0 aliphatic rings. The number of Topliss-reactive ketones (excluding diaryl/α,β-unsaturated/α-hetero) is 1. The summed E-state index contributed by atoms with van der Waals surface area (Å²) in [5.41, 5.74) is 0.570. The zero-order valence-corrected chi connectivity index (χ0v) is 11.5. The predicted octanol–water partition coefficient (Wildman–Crippen LogP) is 1.09. The maximum Gasteiger partial charge on any atom is 0.171 e. The van der Waals surface area contributed by atoms with Gasteiger partial charge in [-0.3, -0.25) is 4.79 Å². The smallest absolute Gasteiger partial charge is 0.171 e. The Labute approximate surface area is 120 Å². The van der Waals surface area contributed by atoms with Crippen LogP contribution in [0.3, 0.4) is 0 Å². The van der Waals surface area contributed by atoms with Crippen molar-refractivity contribution in [2.45, 2.75) is 13.3 Å². The van der Waals surface area contributed by atoms with E-state index in [9.17, 15) is 19.8 Å². The van der Waals surface area contributed by atoms with Gasteiger partial charge in [0.25, 0.3) is 0 Å². The summed E-state index contributed by atoms with van der Waals surface area (Å²) in [4.78, 5) is 22.9. The van der Waals surface area contributed by atoms with Crippen LogP contribution in [-0.4, -0.2) is 24.0 Å². The number of rotatable bonds is 5. The van der Waals surface area contributed by atoms with Crippen molar-refractivity contribution >= 4 is 11.8 Å². The molecule has 0 bridgehead atoms. The molecule has 6 heteroatoms. The molecule has 1 aromatic carbocycles. The number of hydrogen-bond acceptors (Lipinski definition) is 6. The molecule has 0 aliphatic carbocycles. The number of phenolic OH excluding ortho intramolecular Hbond substituents is 1. The van der Waals surface area contributed by atoms with Crippen molar-refractivity contribution in [3.05, 3.63) is 46.9 Å². The van der Waals surface area contributed by atoms with Gasteiger partial charge in [0, 0.05) is 18.1 Å². The minimum atomic E-state index is -1.44. The molecule has 21 heavy (non-hydrogen) atoms. The molecule has 1 N–H and O–H groups in total. The Morgan fingerprint density at radius 3 is 2.57 bits per heavy atom. The minimum absolute atomic E-state index is 0.0809. The van der Waals surface area contributed by atoms with Gasteiger partial charge in [0.1, 0.15) is 29.0 Å². The van der Waals surface area contributed by atoms with Gasteiger partial charge in [0.15, 0.2) is 5.78 Å². The number of furan rings is 1. The van der Waals surface area contributed by atoms with E-state index in [1.165, 1.54) is 25.3 Å². The van der Waals surface area contributed by atoms with Gasteiger partial charge in [0.2, 0.25) is 0 Å². The van der Waals surface area contributed by atoms with Crippen molar-refractivity contribution in [1.29, 1.82) is 0 Å². The number of carboxylic acid groups (broad SMARTS) is 1. The van der Waals surface area contributed by atoms with Crippen LogP contribution in [0.2, 0.25) is 0 Å². The third-order valence-electron chi connectivity index (χ3n) is 3.08. The zero-order valence-electron chi connectivity index (χ0n) is 11.5. The fourth-order valence-electron chi connectivity index (χ4n) is 1.94. The molecular weight excluding hydrogens is 276 g/mol. The summed E-state index contributed by atoms with van der Waals surface area (Å²) in [5, 5.41) is 20.5. The van der Waals surface area contributed by atoms with Crippen molar-refractivity contribution in [3.63, 3.8) is 0 Å². The van der Waals surface area contributed by atoms with Crippen LogP contribution in [0.15, 0.2) is 28.7 Å². The van der Waals surface area contributed by atoms with Crippen LogP contribution in [0.4, 0.5) is 0 Å². The largest absolute Gasteiger partial charge is 0.542 e. The number of aromatic hydroxyl groups is 1. The molecule has 110 valence electrons. The van der Waals surface area contributed by atoms with Gasteiger partial charge in [0.05, 0.1) is 12.7 Å². The summed E-state index contributed by atoms with van der Waals surface area (Å²) in [6.07, 6.45) is -0.0809. The van der Waals surface area contributed by atoms with Crippen molar-refractivity contribution in [2.75, 3.05) is 7.11 Å². The van der Waals surface area contributed by atoms with E-state index in [2.05, 4.69) is 0 Å². The number of carbonyl (C=O) groups excluding carboxylic acids is 2. The van der Waals surface area contributed by atoms with Gasteiger partial charge in [-0.15, -0.1) is 0 Å². The number of carboxylic acids is 1. The summed E-state index contributed by atoms with van der Waals surface area (Å²) in [6.45, 7) is 1.56. The normalized spacial score (nSPS) is 10.4. The van der Waals surface area contributed by atoms with Gasteiger partial charge in [-0.2, -0.15) is 0 Å². The molecule has 2 rings (SSSR count). The van der Waals surface area contributed by atoms with Crippen LogP contribution in [0, 0.1) is 6.92 Å². The van der Waals surface area contributed by atoms with Gasteiger partial charge < -0.3 is 24.2 Å². The Morgan fingerprint density at radius 1 is 1.33 bits per heavy atom. The molecule has 0 saturated carbocycles. The molecule has 6 nitrogen and oxygen atoms in total. The highest BCUT2D eigenvalue weighted by atomic mass is 16.5. The lowest BCUT2D eigenvalue weighted by atomic mass is 10.0. The number of ether oxygens (including phenoxy) is 1. The van der Waals surface area contributed by atoms with Crippen LogP contribution in [0.25, 0.3) is 0 Å². The molecule has 0 fully saturated rings. The molecule has 0 saturated heterocycles.